The maximum Gasteiger partial charge on any atom is 0.272 e. The fourth-order valence-electron chi connectivity index (χ4n) is 1.94. The molecule has 0 aliphatic carbocycles. The Kier molecular flexibility index (Phi) is 4.84. The fourth-order valence-corrected chi connectivity index (χ4v) is 3.70. The Morgan fingerprint density at radius 1 is 1.09 bits per heavy atom. The van der Waals surface area contributed by atoms with Gasteiger partial charge in [0.05, 0.1) is 25.6 Å². The molecule has 0 spiro atoms. The number of nitro groups is 1. The molecular formula is C14H12Cl2N2O4S. The van der Waals surface area contributed by atoms with E-state index in [1.807, 2.05) is 0 Å². The molecule has 0 aromatic heterocycles. The van der Waals surface area contributed by atoms with Crippen LogP contribution in [0.2, 0.25) is 10.0 Å². The zero-order valence-electron chi connectivity index (χ0n) is 12.1. The molecule has 0 heterocycles. The lowest BCUT2D eigenvalue weighted by atomic mass is 10.2. The highest BCUT2D eigenvalue weighted by molar-refractivity contribution is 7.92. The number of hydrogen-bond donors (Lipinski definition) is 1. The summed E-state index contributed by atoms with van der Waals surface area (Å²) in [6.07, 6.45) is 0. The van der Waals surface area contributed by atoms with Gasteiger partial charge in [0.1, 0.15) is 0 Å². The number of nitrogens with zero attached hydrogens (tertiary/aromatic N) is 1. The van der Waals surface area contributed by atoms with E-state index in [0.717, 1.165) is 12.1 Å². The van der Waals surface area contributed by atoms with Gasteiger partial charge in [0.2, 0.25) is 0 Å². The van der Waals surface area contributed by atoms with Crippen molar-refractivity contribution >= 4 is 44.6 Å². The summed E-state index contributed by atoms with van der Waals surface area (Å²) in [6.45, 7) is 3.18. The van der Waals surface area contributed by atoms with E-state index in [4.69, 9.17) is 23.2 Å². The van der Waals surface area contributed by atoms with Gasteiger partial charge in [-0.05, 0) is 37.6 Å². The van der Waals surface area contributed by atoms with Crippen LogP contribution in [0.25, 0.3) is 0 Å². The Balaban J connectivity index is 2.47. The van der Waals surface area contributed by atoms with E-state index in [0.29, 0.717) is 5.56 Å². The maximum atomic E-state index is 12.5. The fraction of sp³-hybridized carbons (Fsp3) is 0.143. The number of nitrogens with one attached hydrogen (secondary N) is 1. The number of nitro benzene ring substituents is 1. The Morgan fingerprint density at radius 2 is 1.74 bits per heavy atom. The summed E-state index contributed by atoms with van der Waals surface area (Å²) >= 11 is 12.1. The first-order chi connectivity index (χ1) is 10.6. The highest BCUT2D eigenvalue weighted by atomic mass is 35.5. The van der Waals surface area contributed by atoms with Crippen LogP contribution in [-0.2, 0) is 10.0 Å². The lowest BCUT2D eigenvalue weighted by Crippen LogP contribution is -2.14. The van der Waals surface area contributed by atoms with Gasteiger partial charge in [-0.1, -0.05) is 29.3 Å². The van der Waals surface area contributed by atoms with Gasteiger partial charge >= 0.3 is 0 Å². The number of rotatable bonds is 4. The number of sulfonamides is 1. The zero-order valence-corrected chi connectivity index (χ0v) is 14.5. The largest absolute Gasteiger partial charge is 0.277 e. The third-order valence-corrected chi connectivity index (χ3v) is 5.35. The monoisotopic (exact) mass is 374 g/mol. The van der Waals surface area contributed by atoms with Crippen molar-refractivity contribution in [1.29, 1.82) is 0 Å². The summed E-state index contributed by atoms with van der Waals surface area (Å²) in [6, 6.07) is 6.71. The molecule has 1 N–H and O–H groups in total. The summed E-state index contributed by atoms with van der Waals surface area (Å²) in [5, 5.41) is 11.2. The van der Waals surface area contributed by atoms with Crippen LogP contribution in [0.15, 0.2) is 35.2 Å². The second kappa shape index (κ2) is 6.35. The van der Waals surface area contributed by atoms with E-state index >= 15 is 0 Å². The molecule has 0 aliphatic heterocycles. The van der Waals surface area contributed by atoms with E-state index in [1.165, 1.54) is 19.1 Å². The van der Waals surface area contributed by atoms with Gasteiger partial charge in [0, 0.05) is 11.6 Å². The number of aryl methyl sites for hydroxylation is 2. The SMILES string of the molecule is Cc1cc(S(=O)(=O)Nc2c(Cl)ccc(C)c2Cl)ccc1[N+](=O)[O-]. The average Bonchev–Trinajstić information content (AvgIpc) is 2.47. The molecule has 0 amide bonds. The van der Waals surface area contributed by atoms with Gasteiger partial charge in [0.25, 0.3) is 15.7 Å². The number of hydrogen-bond acceptors (Lipinski definition) is 4. The minimum Gasteiger partial charge on any atom is -0.277 e. The molecule has 2 aromatic carbocycles. The molecule has 9 heteroatoms. The summed E-state index contributed by atoms with van der Waals surface area (Å²) in [7, 11) is -3.98. The summed E-state index contributed by atoms with van der Waals surface area (Å²) in [5.74, 6) is 0. The van der Waals surface area contributed by atoms with Crippen LogP contribution in [0.5, 0.6) is 0 Å². The number of anilines is 1. The van der Waals surface area contributed by atoms with E-state index < -0.39 is 14.9 Å². The van der Waals surface area contributed by atoms with E-state index in [9.17, 15) is 18.5 Å². The molecule has 0 bridgehead atoms. The van der Waals surface area contributed by atoms with Crippen molar-refractivity contribution in [3.05, 3.63) is 61.6 Å². The van der Waals surface area contributed by atoms with Crippen molar-refractivity contribution in [3.63, 3.8) is 0 Å². The predicted molar refractivity (Wildman–Crippen MR) is 89.8 cm³/mol. The smallest absolute Gasteiger partial charge is 0.272 e. The Hall–Kier alpha value is -1.83. The molecular weight excluding hydrogens is 363 g/mol. The van der Waals surface area contributed by atoms with Crippen molar-refractivity contribution < 1.29 is 13.3 Å². The molecule has 0 atom stereocenters. The van der Waals surface area contributed by atoms with Crippen molar-refractivity contribution in [2.75, 3.05) is 4.72 Å². The third-order valence-electron chi connectivity index (χ3n) is 3.20. The van der Waals surface area contributed by atoms with Gasteiger partial charge in [-0.3, -0.25) is 14.8 Å². The van der Waals surface area contributed by atoms with Gasteiger partial charge < -0.3 is 0 Å². The van der Waals surface area contributed by atoms with Crippen molar-refractivity contribution in [2.45, 2.75) is 18.7 Å². The van der Waals surface area contributed by atoms with Crippen LogP contribution in [-0.4, -0.2) is 13.3 Å². The lowest BCUT2D eigenvalue weighted by molar-refractivity contribution is -0.385. The van der Waals surface area contributed by atoms with Crippen LogP contribution < -0.4 is 4.72 Å². The van der Waals surface area contributed by atoms with E-state index in [-0.39, 0.29) is 31.9 Å². The second-order valence-corrected chi connectivity index (χ2v) is 7.33. The van der Waals surface area contributed by atoms with Gasteiger partial charge in [-0.25, -0.2) is 8.42 Å². The highest BCUT2D eigenvalue weighted by Gasteiger charge is 2.21. The van der Waals surface area contributed by atoms with Crippen molar-refractivity contribution in [3.8, 4) is 0 Å². The second-order valence-electron chi connectivity index (χ2n) is 4.86. The van der Waals surface area contributed by atoms with Crippen LogP contribution in [0.4, 0.5) is 11.4 Å². The Morgan fingerprint density at radius 3 is 2.30 bits per heavy atom. The lowest BCUT2D eigenvalue weighted by Gasteiger charge is -2.13. The molecule has 0 unspecified atom stereocenters. The highest BCUT2D eigenvalue weighted by Crippen LogP contribution is 2.34. The molecule has 23 heavy (non-hydrogen) atoms. The Bertz CT molecular complexity index is 898. The van der Waals surface area contributed by atoms with E-state index in [1.54, 1.807) is 13.0 Å². The molecule has 122 valence electrons. The maximum absolute atomic E-state index is 12.5. The first kappa shape index (κ1) is 17.5. The standard InChI is InChI=1S/C14H12Cl2N2O4S/c1-8-3-5-11(15)14(13(8)16)17-23(21,22)10-4-6-12(18(19)20)9(2)7-10/h3-7,17H,1-2H3. The molecule has 0 saturated heterocycles. The average molecular weight is 375 g/mol. The van der Waals surface area contributed by atoms with Crippen molar-refractivity contribution in [2.24, 2.45) is 0 Å². The van der Waals surface area contributed by atoms with Crippen molar-refractivity contribution in [1.82, 2.24) is 0 Å². The van der Waals surface area contributed by atoms with Gasteiger partial charge in [0.15, 0.2) is 0 Å². The molecule has 6 nitrogen and oxygen atoms in total. The van der Waals surface area contributed by atoms with Crippen LogP contribution in [0.3, 0.4) is 0 Å². The molecule has 2 aromatic rings. The normalized spacial score (nSPS) is 11.3. The topological polar surface area (TPSA) is 89.3 Å². The molecule has 0 radical (unpaired) electrons. The third kappa shape index (κ3) is 3.57. The number of benzene rings is 2. The Labute approximate surface area is 143 Å². The molecule has 2 rings (SSSR count). The summed E-state index contributed by atoms with van der Waals surface area (Å²) in [4.78, 5) is 10.1. The zero-order chi connectivity index (χ0) is 17.4. The van der Waals surface area contributed by atoms with E-state index in [2.05, 4.69) is 4.72 Å². The minimum atomic E-state index is -3.98. The molecule has 0 saturated carbocycles. The first-order valence-corrected chi connectivity index (χ1v) is 8.60. The van der Waals surface area contributed by atoms with Gasteiger partial charge in [-0.2, -0.15) is 0 Å². The van der Waals surface area contributed by atoms with Gasteiger partial charge in [-0.15, -0.1) is 0 Å². The summed E-state index contributed by atoms with van der Waals surface area (Å²) in [5.41, 5.74) is 0.813. The number of halogens is 2. The first-order valence-electron chi connectivity index (χ1n) is 6.36. The minimum absolute atomic E-state index is 0.0735. The molecule has 0 aliphatic rings. The van der Waals surface area contributed by atoms with Crippen LogP contribution >= 0.6 is 23.2 Å². The predicted octanol–water partition coefficient (Wildman–Crippen LogP) is 4.32. The summed E-state index contributed by atoms with van der Waals surface area (Å²) < 4.78 is 27.2. The molecule has 0 fully saturated rings. The van der Waals surface area contributed by atoms with Crippen LogP contribution in [0, 0.1) is 24.0 Å². The quantitative estimate of drug-likeness (QED) is 0.637. The van der Waals surface area contributed by atoms with Crippen LogP contribution in [0.1, 0.15) is 11.1 Å².